The normalized spacial score (nSPS) is 14.6. The standard InChI is InChI=1S/C22H25NO3/c1-4-23-8-7-17-20-11-22(26-3)14(13-24)9-18(20)16-6-5-15(25-2)10-19(16)21(17)12-23/h5-6,9-11,24H,4,7-8,12-13H2,1-3H3. The Balaban J connectivity index is 2.11. The first-order valence-electron chi connectivity index (χ1n) is 9.15. The fraction of sp³-hybridized carbons (Fsp3) is 0.364. The highest BCUT2D eigenvalue weighted by atomic mass is 16.5. The molecule has 26 heavy (non-hydrogen) atoms. The highest BCUT2D eigenvalue weighted by Gasteiger charge is 2.22. The summed E-state index contributed by atoms with van der Waals surface area (Å²) in [4.78, 5) is 2.48. The first-order valence-corrected chi connectivity index (χ1v) is 9.15. The van der Waals surface area contributed by atoms with Gasteiger partial charge >= 0.3 is 0 Å². The minimum atomic E-state index is -0.0303. The van der Waals surface area contributed by atoms with Gasteiger partial charge in [-0.25, -0.2) is 0 Å². The van der Waals surface area contributed by atoms with E-state index in [-0.39, 0.29) is 6.61 Å². The molecular formula is C22H25NO3. The molecule has 136 valence electrons. The second kappa shape index (κ2) is 6.78. The molecule has 0 radical (unpaired) electrons. The summed E-state index contributed by atoms with van der Waals surface area (Å²) < 4.78 is 11.0. The molecule has 3 aromatic carbocycles. The second-order valence-electron chi connectivity index (χ2n) is 6.86. The van der Waals surface area contributed by atoms with Gasteiger partial charge in [-0.3, -0.25) is 4.90 Å². The van der Waals surface area contributed by atoms with Crippen molar-refractivity contribution in [3.05, 3.63) is 47.0 Å². The Labute approximate surface area is 153 Å². The maximum Gasteiger partial charge on any atom is 0.125 e. The van der Waals surface area contributed by atoms with E-state index in [0.29, 0.717) is 0 Å². The predicted molar refractivity (Wildman–Crippen MR) is 105 cm³/mol. The molecular weight excluding hydrogens is 326 g/mol. The minimum Gasteiger partial charge on any atom is -0.497 e. The number of aliphatic hydroxyl groups excluding tert-OH is 1. The summed E-state index contributed by atoms with van der Waals surface area (Å²) in [6, 6.07) is 10.5. The van der Waals surface area contributed by atoms with Crippen LogP contribution in [0.25, 0.3) is 21.5 Å². The van der Waals surface area contributed by atoms with E-state index in [0.717, 1.165) is 43.1 Å². The number of methoxy groups -OCH3 is 2. The van der Waals surface area contributed by atoms with Crippen LogP contribution in [0, 0.1) is 0 Å². The lowest BCUT2D eigenvalue weighted by Gasteiger charge is -2.30. The quantitative estimate of drug-likeness (QED) is 0.725. The summed E-state index contributed by atoms with van der Waals surface area (Å²) in [5, 5.41) is 14.6. The molecule has 0 unspecified atom stereocenters. The van der Waals surface area contributed by atoms with Crippen molar-refractivity contribution in [3.8, 4) is 11.5 Å². The van der Waals surface area contributed by atoms with Crippen molar-refractivity contribution in [3.63, 3.8) is 0 Å². The van der Waals surface area contributed by atoms with Crippen molar-refractivity contribution in [1.29, 1.82) is 0 Å². The van der Waals surface area contributed by atoms with Crippen LogP contribution in [-0.4, -0.2) is 37.3 Å². The molecule has 0 saturated carbocycles. The van der Waals surface area contributed by atoms with Crippen LogP contribution >= 0.6 is 0 Å². The Morgan fingerprint density at radius 2 is 1.77 bits per heavy atom. The van der Waals surface area contributed by atoms with Gasteiger partial charge in [0.25, 0.3) is 0 Å². The smallest absolute Gasteiger partial charge is 0.125 e. The Morgan fingerprint density at radius 3 is 2.46 bits per heavy atom. The van der Waals surface area contributed by atoms with Crippen LogP contribution in [-0.2, 0) is 19.6 Å². The Hall–Kier alpha value is -2.30. The topological polar surface area (TPSA) is 41.9 Å². The van der Waals surface area contributed by atoms with Crippen LogP contribution in [0.1, 0.15) is 23.6 Å². The average Bonchev–Trinajstić information content (AvgIpc) is 2.71. The molecule has 0 amide bonds. The third kappa shape index (κ3) is 2.61. The van der Waals surface area contributed by atoms with E-state index in [1.165, 1.54) is 32.7 Å². The predicted octanol–water partition coefficient (Wildman–Crippen LogP) is 3.88. The summed E-state index contributed by atoms with van der Waals surface area (Å²) in [6.45, 7) is 5.26. The van der Waals surface area contributed by atoms with Crippen LogP contribution in [0.5, 0.6) is 11.5 Å². The molecule has 4 rings (SSSR count). The van der Waals surface area contributed by atoms with E-state index in [2.05, 4.69) is 36.1 Å². The van der Waals surface area contributed by atoms with Gasteiger partial charge in [-0.1, -0.05) is 13.0 Å². The van der Waals surface area contributed by atoms with E-state index in [4.69, 9.17) is 9.47 Å². The van der Waals surface area contributed by atoms with Gasteiger partial charge in [-0.2, -0.15) is 0 Å². The monoisotopic (exact) mass is 351 g/mol. The summed E-state index contributed by atoms with van der Waals surface area (Å²) in [5.41, 5.74) is 3.61. The van der Waals surface area contributed by atoms with E-state index >= 15 is 0 Å². The lowest BCUT2D eigenvalue weighted by atomic mass is 9.87. The fourth-order valence-electron chi connectivity index (χ4n) is 4.18. The Kier molecular flexibility index (Phi) is 4.47. The molecule has 3 aromatic rings. The number of nitrogens with zero attached hydrogens (tertiary/aromatic N) is 1. The van der Waals surface area contributed by atoms with Crippen LogP contribution in [0.4, 0.5) is 0 Å². The van der Waals surface area contributed by atoms with Crippen LogP contribution < -0.4 is 9.47 Å². The van der Waals surface area contributed by atoms with Gasteiger partial charge < -0.3 is 14.6 Å². The molecule has 0 aliphatic carbocycles. The van der Waals surface area contributed by atoms with E-state index in [1.54, 1.807) is 14.2 Å². The molecule has 0 fully saturated rings. The molecule has 4 nitrogen and oxygen atoms in total. The zero-order valence-corrected chi connectivity index (χ0v) is 15.6. The van der Waals surface area contributed by atoms with E-state index in [9.17, 15) is 5.11 Å². The molecule has 0 spiro atoms. The molecule has 0 atom stereocenters. The van der Waals surface area contributed by atoms with Gasteiger partial charge in [-0.05, 0) is 69.9 Å². The zero-order chi connectivity index (χ0) is 18.3. The van der Waals surface area contributed by atoms with E-state index in [1.807, 2.05) is 6.07 Å². The summed E-state index contributed by atoms with van der Waals surface area (Å²) in [6.07, 6.45) is 1.02. The van der Waals surface area contributed by atoms with Gasteiger partial charge in [0.2, 0.25) is 0 Å². The molecule has 1 aliphatic rings. The third-order valence-corrected chi connectivity index (χ3v) is 5.63. The zero-order valence-electron chi connectivity index (χ0n) is 15.6. The largest absolute Gasteiger partial charge is 0.497 e. The second-order valence-corrected chi connectivity index (χ2v) is 6.86. The molecule has 0 bridgehead atoms. The minimum absolute atomic E-state index is 0.0303. The molecule has 4 heteroatoms. The van der Waals surface area contributed by atoms with Crippen molar-refractivity contribution >= 4 is 21.5 Å². The number of hydrogen-bond donors (Lipinski definition) is 1. The number of hydrogen-bond acceptors (Lipinski definition) is 4. The lowest BCUT2D eigenvalue weighted by Crippen LogP contribution is -2.30. The molecule has 1 N–H and O–H groups in total. The summed E-state index contributed by atoms with van der Waals surface area (Å²) in [7, 11) is 3.37. The Bertz CT molecular complexity index is 980. The molecule has 0 aromatic heterocycles. The van der Waals surface area contributed by atoms with Crippen molar-refractivity contribution in [2.75, 3.05) is 27.3 Å². The summed E-state index contributed by atoms with van der Waals surface area (Å²) in [5.74, 6) is 1.64. The van der Waals surface area contributed by atoms with Crippen molar-refractivity contribution in [2.24, 2.45) is 0 Å². The number of ether oxygens (including phenoxy) is 2. The van der Waals surface area contributed by atoms with Crippen molar-refractivity contribution in [1.82, 2.24) is 4.90 Å². The van der Waals surface area contributed by atoms with Crippen molar-refractivity contribution < 1.29 is 14.6 Å². The van der Waals surface area contributed by atoms with Crippen LogP contribution in [0.2, 0.25) is 0 Å². The van der Waals surface area contributed by atoms with Gasteiger partial charge in [0.05, 0.1) is 20.8 Å². The first kappa shape index (κ1) is 17.1. The van der Waals surface area contributed by atoms with Crippen LogP contribution in [0.3, 0.4) is 0 Å². The van der Waals surface area contributed by atoms with Crippen molar-refractivity contribution in [2.45, 2.75) is 26.5 Å². The van der Waals surface area contributed by atoms with Gasteiger partial charge in [0.15, 0.2) is 0 Å². The van der Waals surface area contributed by atoms with E-state index < -0.39 is 0 Å². The number of likely N-dealkylation sites (N-methyl/N-ethyl adjacent to an activating group) is 1. The number of aliphatic hydroxyl groups is 1. The lowest BCUT2D eigenvalue weighted by molar-refractivity contribution is 0.270. The third-order valence-electron chi connectivity index (χ3n) is 5.63. The molecule has 0 saturated heterocycles. The first-order chi connectivity index (χ1) is 12.7. The molecule has 1 heterocycles. The average molecular weight is 351 g/mol. The van der Waals surface area contributed by atoms with Gasteiger partial charge in [-0.15, -0.1) is 0 Å². The number of benzene rings is 3. The van der Waals surface area contributed by atoms with Gasteiger partial charge in [0.1, 0.15) is 11.5 Å². The van der Waals surface area contributed by atoms with Crippen LogP contribution in [0.15, 0.2) is 30.3 Å². The van der Waals surface area contributed by atoms with Gasteiger partial charge in [0, 0.05) is 18.7 Å². The highest BCUT2D eigenvalue weighted by molar-refractivity contribution is 6.12. The molecule has 1 aliphatic heterocycles. The maximum absolute atomic E-state index is 9.76. The summed E-state index contributed by atoms with van der Waals surface area (Å²) >= 11 is 0. The maximum atomic E-state index is 9.76. The SMILES string of the molecule is CCN1CCc2c(c3cc(OC)ccc3c3cc(CO)c(OC)cc23)C1. The fourth-order valence-corrected chi connectivity index (χ4v) is 4.18. The number of rotatable bonds is 4. The Morgan fingerprint density at radius 1 is 0.962 bits per heavy atom. The number of fused-ring (bicyclic) bond motifs is 6. The highest BCUT2D eigenvalue weighted by Crippen LogP contribution is 2.40.